The molecule has 0 fully saturated rings. The fourth-order valence-electron chi connectivity index (χ4n) is 14.8. The second-order valence-electron chi connectivity index (χ2n) is 34.5. The second kappa shape index (κ2) is 19.5. The Labute approximate surface area is 525 Å². The smallest absolute Gasteiger partial charge is 0.0159 e. The van der Waals surface area contributed by atoms with E-state index in [1.165, 1.54) is 156 Å². The van der Waals surface area contributed by atoms with Crippen LogP contribution in [0.5, 0.6) is 0 Å². The van der Waals surface area contributed by atoms with Crippen LogP contribution in [0.15, 0.2) is 158 Å². The van der Waals surface area contributed by atoms with Gasteiger partial charge in [0.1, 0.15) is 0 Å². The first-order valence-corrected chi connectivity index (χ1v) is 32.6. The first-order valence-electron chi connectivity index (χ1n) is 32.6. The normalized spacial score (nSPS) is 15.6. The summed E-state index contributed by atoms with van der Waals surface area (Å²) in [5.74, 6) is 0. The largest absolute Gasteiger partial charge is 0.0610 e. The van der Waals surface area contributed by atoms with Gasteiger partial charge in [0, 0.05) is 16.2 Å². The molecule has 0 bridgehead atoms. The third kappa shape index (κ3) is 10.0. The van der Waals surface area contributed by atoms with Crippen LogP contribution in [0.25, 0.3) is 89.0 Å². The van der Waals surface area contributed by atoms with Gasteiger partial charge < -0.3 is 0 Å². The van der Waals surface area contributed by atoms with Gasteiger partial charge in [-0.05, 0) is 237 Å². The molecule has 9 aromatic carbocycles. The van der Waals surface area contributed by atoms with E-state index in [-0.39, 0.29) is 48.7 Å². The average Bonchev–Trinajstić information content (AvgIpc) is 1.70. The Morgan fingerprint density at radius 2 is 0.425 bits per heavy atom. The predicted octanol–water partition coefficient (Wildman–Crippen LogP) is 24.7. The number of hydrogen-bond donors (Lipinski definition) is 0. The van der Waals surface area contributed by atoms with Gasteiger partial charge in [-0.3, -0.25) is 0 Å². The highest BCUT2D eigenvalue weighted by molar-refractivity contribution is 5.99. The lowest BCUT2D eigenvalue weighted by molar-refractivity contribution is 0.579. The van der Waals surface area contributed by atoms with Gasteiger partial charge in [0.25, 0.3) is 0 Å². The van der Waals surface area contributed by atoms with Crippen molar-refractivity contribution in [2.45, 2.75) is 215 Å². The highest BCUT2D eigenvalue weighted by Gasteiger charge is 2.43. The van der Waals surface area contributed by atoms with Crippen molar-refractivity contribution < 1.29 is 0 Å². The Kier molecular flexibility index (Phi) is 13.5. The lowest BCUT2D eigenvalue weighted by Gasteiger charge is -2.28. The molecule has 0 heterocycles. The molecule has 0 radical (unpaired) electrons. The van der Waals surface area contributed by atoms with Crippen molar-refractivity contribution in [3.63, 3.8) is 0 Å². The zero-order valence-corrected chi connectivity index (χ0v) is 57.5. The molecule has 0 amide bonds. The maximum absolute atomic E-state index is 2.55. The molecular formula is C87H98. The summed E-state index contributed by atoms with van der Waals surface area (Å²) in [6.07, 6.45) is 0. The van der Waals surface area contributed by atoms with E-state index in [0.29, 0.717) is 0 Å². The zero-order chi connectivity index (χ0) is 63.1. The Morgan fingerprint density at radius 3 is 0.701 bits per heavy atom. The summed E-state index contributed by atoms with van der Waals surface area (Å²) < 4.78 is 0. The van der Waals surface area contributed by atoms with E-state index in [4.69, 9.17) is 0 Å². The van der Waals surface area contributed by atoms with Crippen molar-refractivity contribution in [1.82, 2.24) is 0 Å². The summed E-state index contributed by atoms with van der Waals surface area (Å²) >= 11 is 0. The van der Waals surface area contributed by atoms with Gasteiger partial charge in [-0.25, -0.2) is 0 Å². The molecule has 9 aromatic rings. The van der Waals surface area contributed by atoms with Gasteiger partial charge in [0.05, 0.1) is 0 Å². The van der Waals surface area contributed by atoms with Crippen LogP contribution in [-0.4, -0.2) is 0 Å². The standard InChI is InChI=1S/C87H98/c1-79(2,3)58-31-34-64-70(45-58)85(19,20)73-48-61(82(10,11)12)42-67(76(64)73)53-29-25-27-51(37-53)55-39-56(41-57(40-55)69-44-63(84(16,17)18)50-75-78(69)66-36-33-60(81(7,8)9)47-72(66)87(75,23)24)52-28-26-30-54(38-52)68-43-62(83(13,14)15)49-74-77(68)65-35-32-59(80(4,5)6)46-71(65)86(74,21)22/h25-50H,1-24H3. The minimum Gasteiger partial charge on any atom is -0.0610 e. The monoisotopic (exact) mass is 1140 g/mol. The summed E-state index contributed by atoms with van der Waals surface area (Å²) in [5, 5.41) is 0. The summed E-state index contributed by atoms with van der Waals surface area (Å²) in [5.41, 5.74) is 36.9. The molecule has 0 unspecified atom stereocenters. The van der Waals surface area contributed by atoms with Gasteiger partial charge in [0.2, 0.25) is 0 Å². The molecule has 12 rings (SSSR count). The molecule has 3 aliphatic carbocycles. The second-order valence-corrected chi connectivity index (χ2v) is 34.5. The number of hydrogen-bond acceptors (Lipinski definition) is 0. The number of benzene rings is 9. The summed E-state index contributed by atoms with van der Waals surface area (Å²) in [7, 11) is 0. The first kappa shape index (κ1) is 60.3. The van der Waals surface area contributed by atoms with Gasteiger partial charge in [-0.2, -0.15) is 0 Å². The Bertz CT molecular complexity index is 4110. The Morgan fingerprint density at radius 1 is 0.195 bits per heavy atom. The maximum Gasteiger partial charge on any atom is 0.0159 e. The molecule has 0 atom stereocenters. The Balaban J connectivity index is 1.12. The molecule has 0 saturated carbocycles. The molecule has 0 aromatic heterocycles. The lowest BCUT2D eigenvalue weighted by Crippen LogP contribution is -2.19. The van der Waals surface area contributed by atoms with Crippen molar-refractivity contribution in [3.8, 4) is 89.0 Å². The number of rotatable bonds is 5. The van der Waals surface area contributed by atoms with E-state index in [1.807, 2.05) is 0 Å². The summed E-state index contributed by atoms with van der Waals surface area (Å²) in [4.78, 5) is 0. The van der Waals surface area contributed by atoms with E-state index in [2.05, 4.69) is 324 Å². The lowest BCUT2D eigenvalue weighted by atomic mass is 9.76. The minimum atomic E-state index is -0.197. The molecule has 0 spiro atoms. The van der Waals surface area contributed by atoms with Crippen molar-refractivity contribution >= 4 is 0 Å². The van der Waals surface area contributed by atoms with Crippen molar-refractivity contribution in [2.24, 2.45) is 0 Å². The van der Waals surface area contributed by atoms with E-state index in [1.54, 1.807) is 0 Å². The molecule has 0 nitrogen and oxygen atoms in total. The molecule has 87 heavy (non-hydrogen) atoms. The van der Waals surface area contributed by atoms with Crippen LogP contribution in [-0.2, 0) is 48.7 Å². The van der Waals surface area contributed by atoms with Crippen LogP contribution in [0.1, 0.15) is 233 Å². The van der Waals surface area contributed by atoms with E-state index in [9.17, 15) is 0 Å². The van der Waals surface area contributed by atoms with Crippen LogP contribution < -0.4 is 0 Å². The average molecular weight is 1140 g/mol. The van der Waals surface area contributed by atoms with Crippen LogP contribution in [0.2, 0.25) is 0 Å². The zero-order valence-electron chi connectivity index (χ0n) is 57.5. The van der Waals surface area contributed by atoms with Crippen LogP contribution in [0, 0.1) is 0 Å². The molecule has 3 aliphatic rings. The molecular weight excluding hydrogens is 1040 g/mol. The third-order valence-corrected chi connectivity index (χ3v) is 20.8. The van der Waals surface area contributed by atoms with Gasteiger partial charge >= 0.3 is 0 Å². The third-order valence-electron chi connectivity index (χ3n) is 20.8. The fourth-order valence-corrected chi connectivity index (χ4v) is 14.8. The van der Waals surface area contributed by atoms with E-state index in [0.717, 1.165) is 0 Å². The van der Waals surface area contributed by atoms with Crippen LogP contribution >= 0.6 is 0 Å². The summed E-state index contributed by atoms with van der Waals surface area (Å²) in [6.45, 7) is 57.1. The van der Waals surface area contributed by atoms with Crippen LogP contribution in [0.4, 0.5) is 0 Å². The molecule has 0 heteroatoms. The van der Waals surface area contributed by atoms with E-state index >= 15 is 0 Å². The fraction of sp³-hybridized carbons (Fsp3) is 0.379. The van der Waals surface area contributed by atoms with E-state index < -0.39 is 0 Å². The predicted molar refractivity (Wildman–Crippen MR) is 379 cm³/mol. The highest BCUT2D eigenvalue weighted by Crippen LogP contribution is 2.58. The molecule has 0 aliphatic heterocycles. The van der Waals surface area contributed by atoms with Gasteiger partial charge in [0.15, 0.2) is 0 Å². The first-order chi connectivity index (χ1) is 40.1. The molecule has 0 saturated heterocycles. The quantitative estimate of drug-likeness (QED) is 0.161. The van der Waals surface area contributed by atoms with Crippen molar-refractivity contribution in [1.29, 1.82) is 0 Å². The van der Waals surface area contributed by atoms with Crippen molar-refractivity contribution in [3.05, 3.63) is 224 Å². The van der Waals surface area contributed by atoms with Crippen LogP contribution in [0.3, 0.4) is 0 Å². The van der Waals surface area contributed by atoms with Crippen molar-refractivity contribution in [2.75, 3.05) is 0 Å². The maximum atomic E-state index is 2.55. The minimum absolute atomic E-state index is 0.0264. The molecule has 446 valence electrons. The summed E-state index contributed by atoms with van der Waals surface area (Å²) in [6, 6.07) is 63.9. The Hall–Kier alpha value is -7.02. The highest BCUT2D eigenvalue weighted by atomic mass is 14.5. The van der Waals surface area contributed by atoms with Gasteiger partial charge in [-0.1, -0.05) is 275 Å². The SMILES string of the molecule is CC(C)(C)c1ccc2c(c1)C(C)(C)c1cc(C(C)(C)C)cc(-c3cccc(-c4cc(-c5cccc(-c6cc(C(C)(C)C)cc7c6-c6ccc(C(C)(C)C)cc6C7(C)C)c5)cc(-c5cc(C(C)(C)C)cc6c5-c5ccc(C(C)(C)C)cc5C6(C)C)c4)c3)c1-2. The topological polar surface area (TPSA) is 0 Å². The molecule has 0 N–H and O–H groups in total. The number of fused-ring (bicyclic) bond motifs is 9. The van der Waals surface area contributed by atoms with Gasteiger partial charge in [-0.15, -0.1) is 0 Å².